The third kappa shape index (κ3) is 3.62. The van der Waals surface area contributed by atoms with E-state index in [2.05, 4.69) is 16.0 Å². The number of anilines is 1. The molecule has 1 aromatic heterocycles. The first-order valence-electron chi connectivity index (χ1n) is 8.70. The first kappa shape index (κ1) is 17.4. The van der Waals surface area contributed by atoms with Gasteiger partial charge in [-0.2, -0.15) is 5.26 Å². The number of amides is 1. The number of benzene rings is 2. The average Bonchev–Trinajstić information content (AvgIpc) is 3.11. The summed E-state index contributed by atoms with van der Waals surface area (Å²) in [6, 6.07) is 14.0. The van der Waals surface area contributed by atoms with E-state index in [4.69, 9.17) is 5.26 Å². The summed E-state index contributed by atoms with van der Waals surface area (Å²) in [6.07, 6.45) is 0.299. The molecule has 2 aromatic carbocycles. The normalized spacial score (nSPS) is 14.4. The van der Waals surface area contributed by atoms with Crippen molar-refractivity contribution < 1.29 is 9.18 Å². The predicted octanol–water partition coefficient (Wildman–Crippen LogP) is 3.46. The summed E-state index contributed by atoms with van der Waals surface area (Å²) in [5, 5.41) is 9.69. The zero-order valence-electron chi connectivity index (χ0n) is 14.6. The van der Waals surface area contributed by atoms with Gasteiger partial charge in [-0.3, -0.25) is 4.79 Å². The van der Waals surface area contributed by atoms with Crippen LogP contribution in [0.5, 0.6) is 0 Å². The van der Waals surface area contributed by atoms with Crippen molar-refractivity contribution in [2.75, 3.05) is 31.1 Å². The molecule has 0 atom stereocenters. The molecule has 7 heteroatoms. The summed E-state index contributed by atoms with van der Waals surface area (Å²) < 4.78 is 14.2. The maximum atomic E-state index is 13.4. The van der Waals surface area contributed by atoms with Gasteiger partial charge in [0.1, 0.15) is 5.82 Å². The Morgan fingerprint density at radius 3 is 2.78 bits per heavy atom. The molecule has 1 aliphatic rings. The van der Waals surface area contributed by atoms with Gasteiger partial charge in [-0.25, -0.2) is 9.37 Å². The van der Waals surface area contributed by atoms with Crippen molar-refractivity contribution >= 4 is 32.6 Å². The van der Waals surface area contributed by atoms with Crippen LogP contribution >= 0.6 is 11.3 Å². The number of carbonyl (C=O) groups is 1. The largest absolute Gasteiger partial charge is 0.345 e. The second-order valence-electron chi connectivity index (χ2n) is 6.42. The van der Waals surface area contributed by atoms with Crippen LogP contribution in [-0.4, -0.2) is 42.0 Å². The van der Waals surface area contributed by atoms with Crippen molar-refractivity contribution in [1.29, 1.82) is 5.26 Å². The van der Waals surface area contributed by atoms with Crippen molar-refractivity contribution in [1.82, 2.24) is 9.88 Å². The highest BCUT2D eigenvalue weighted by molar-refractivity contribution is 7.22. The van der Waals surface area contributed by atoms with Crippen molar-refractivity contribution in [2.24, 2.45) is 0 Å². The monoisotopic (exact) mass is 380 g/mol. The van der Waals surface area contributed by atoms with Crippen LogP contribution in [0, 0.1) is 17.1 Å². The number of rotatable bonds is 3. The quantitative estimate of drug-likeness (QED) is 0.698. The van der Waals surface area contributed by atoms with Crippen LogP contribution in [-0.2, 0) is 6.42 Å². The molecule has 0 aliphatic carbocycles. The molecule has 1 saturated heterocycles. The van der Waals surface area contributed by atoms with Gasteiger partial charge in [0.05, 0.1) is 22.7 Å². The van der Waals surface area contributed by atoms with E-state index in [1.807, 2.05) is 17.0 Å². The fourth-order valence-electron chi connectivity index (χ4n) is 3.21. The Kier molecular flexibility index (Phi) is 4.73. The maximum Gasteiger partial charge on any atom is 0.253 e. The molecule has 4 rings (SSSR count). The number of hydrogen-bond donors (Lipinski definition) is 0. The molecule has 27 heavy (non-hydrogen) atoms. The van der Waals surface area contributed by atoms with Gasteiger partial charge in [-0.1, -0.05) is 23.5 Å². The minimum Gasteiger partial charge on any atom is -0.345 e. The lowest BCUT2D eigenvalue weighted by Crippen LogP contribution is -2.48. The number of fused-ring (bicyclic) bond motifs is 1. The Hall–Kier alpha value is -2.98. The molecule has 1 fully saturated rings. The summed E-state index contributed by atoms with van der Waals surface area (Å²) in [7, 11) is 0. The zero-order chi connectivity index (χ0) is 18.8. The highest BCUT2D eigenvalue weighted by Gasteiger charge is 2.24. The Balaban J connectivity index is 1.44. The van der Waals surface area contributed by atoms with Crippen LogP contribution in [0.3, 0.4) is 0 Å². The SMILES string of the molecule is N#CCc1cccc(C(=O)N2CCN(c3nc4ccc(F)cc4s3)CC2)c1. The molecule has 3 aromatic rings. The van der Waals surface area contributed by atoms with E-state index in [0.717, 1.165) is 20.9 Å². The molecule has 136 valence electrons. The molecule has 0 saturated carbocycles. The van der Waals surface area contributed by atoms with E-state index in [1.54, 1.807) is 18.2 Å². The molecule has 0 bridgehead atoms. The van der Waals surface area contributed by atoms with E-state index >= 15 is 0 Å². The summed E-state index contributed by atoms with van der Waals surface area (Å²) >= 11 is 1.47. The Labute approximate surface area is 160 Å². The highest BCUT2D eigenvalue weighted by Crippen LogP contribution is 2.30. The molecule has 1 aliphatic heterocycles. The second-order valence-corrected chi connectivity index (χ2v) is 7.43. The molecular weight excluding hydrogens is 363 g/mol. The number of nitrogens with zero attached hydrogens (tertiary/aromatic N) is 4. The molecule has 0 radical (unpaired) electrons. The molecule has 0 spiro atoms. The van der Waals surface area contributed by atoms with Gasteiger partial charge in [-0.05, 0) is 35.9 Å². The Morgan fingerprint density at radius 1 is 1.19 bits per heavy atom. The van der Waals surface area contributed by atoms with Gasteiger partial charge in [0, 0.05) is 31.7 Å². The minimum absolute atomic E-state index is 0.0131. The van der Waals surface area contributed by atoms with Gasteiger partial charge in [0.25, 0.3) is 5.91 Å². The van der Waals surface area contributed by atoms with Gasteiger partial charge >= 0.3 is 0 Å². The van der Waals surface area contributed by atoms with Gasteiger partial charge < -0.3 is 9.80 Å². The zero-order valence-corrected chi connectivity index (χ0v) is 15.4. The minimum atomic E-state index is -0.258. The van der Waals surface area contributed by atoms with Crippen LogP contribution in [0.2, 0.25) is 0 Å². The lowest BCUT2D eigenvalue weighted by molar-refractivity contribution is 0.0746. The molecule has 5 nitrogen and oxygen atoms in total. The first-order valence-corrected chi connectivity index (χ1v) is 9.52. The fourth-order valence-corrected chi connectivity index (χ4v) is 4.25. The van der Waals surface area contributed by atoms with Gasteiger partial charge in [0.15, 0.2) is 5.13 Å². The number of piperazine rings is 1. The van der Waals surface area contributed by atoms with Gasteiger partial charge in [0.2, 0.25) is 0 Å². The van der Waals surface area contributed by atoms with E-state index in [0.29, 0.717) is 38.2 Å². The van der Waals surface area contributed by atoms with E-state index < -0.39 is 0 Å². The first-order chi connectivity index (χ1) is 13.1. The van der Waals surface area contributed by atoms with Crippen molar-refractivity contribution in [3.8, 4) is 6.07 Å². The molecule has 1 amide bonds. The number of aromatic nitrogens is 1. The third-order valence-corrected chi connectivity index (χ3v) is 5.71. The van der Waals surface area contributed by atoms with E-state index in [1.165, 1.54) is 23.5 Å². The fraction of sp³-hybridized carbons (Fsp3) is 0.250. The van der Waals surface area contributed by atoms with Crippen molar-refractivity contribution in [3.63, 3.8) is 0 Å². The number of carbonyl (C=O) groups excluding carboxylic acids is 1. The average molecular weight is 380 g/mol. The third-order valence-electron chi connectivity index (χ3n) is 4.63. The second kappa shape index (κ2) is 7.33. The summed E-state index contributed by atoms with van der Waals surface area (Å²) in [5.74, 6) is -0.271. The lowest BCUT2D eigenvalue weighted by atomic mass is 10.1. The number of hydrogen-bond acceptors (Lipinski definition) is 5. The molecular formula is C20H17FN4OS. The lowest BCUT2D eigenvalue weighted by Gasteiger charge is -2.34. The Bertz CT molecular complexity index is 1030. The standard InChI is InChI=1S/C20H17FN4OS/c21-16-4-5-17-18(13-16)27-20(23-17)25-10-8-24(9-11-25)19(26)15-3-1-2-14(12-15)6-7-22/h1-5,12-13H,6,8-11H2. The smallest absolute Gasteiger partial charge is 0.253 e. The van der Waals surface area contributed by atoms with Crippen LogP contribution in [0.4, 0.5) is 9.52 Å². The van der Waals surface area contributed by atoms with Crippen LogP contribution in [0.25, 0.3) is 10.2 Å². The van der Waals surface area contributed by atoms with E-state index in [9.17, 15) is 9.18 Å². The summed E-state index contributed by atoms with van der Waals surface area (Å²) in [6.45, 7) is 2.58. The topological polar surface area (TPSA) is 60.2 Å². The maximum absolute atomic E-state index is 13.4. The van der Waals surface area contributed by atoms with Crippen molar-refractivity contribution in [3.05, 3.63) is 59.4 Å². The Morgan fingerprint density at radius 2 is 2.00 bits per heavy atom. The predicted molar refractivity (Wildman–Crippen MR) is 103 cm³/mol. The molecule has 0 N–H and O–H groups in total. The number of thiazole rings is 1. The summed E-state index contributed by atoms with van der Waals surface area (Å²) in [4.78, 5) is 21.3. The van der Waals surface area contributed by atoms with Crippen LogP contribution < -0.4 is 4.90 Å². The van der Waals surface area contributed by atoms with Crippen LogP contribution in [0.1, 0.15) is 15.9 Å². The van der Waals surface area contributed by atoms with Crippen molar-refractivity contribution in [2.45, 2.75) is 6.42 Å². The number of nitriles is 1. The van der Waals surface area contributed by atoms with Gasteiger partial charge in [-0.15, -0.1) is 0 Å². The summed E-state index contributed by atoms with van der Waals surface area (Å²) in [5.41, 5.74) is 2.26. The van der Waals surface area contributed by atoms with E-state index in [-0.39, 0.29) is 11.7 Å². The van der Waals surface area contributed by atoms with Crippen LogP contribution in [0.15, 0.2) is 42.5 Å². The highest BCUT2D eigenvalue weighted by atomic mass is 32.1. The molecule has 2 heterocycles. The molecule has 0 unspecified atom stereocenters. The number of halogens is 1.